The normalized spacial score (nSPS) is 17.9. The van der Waals surface area contributed by atoms with Crippen LogP contribution in [0.2, 0.25) is 10.0 Å². The van der Waals surface area contributed by atoms with Gasteiger partial charge >= 0.3 is 6.18 Å². The van der Waals surface area contributed by atoms with Crippen LogP contribution in [0.15, 0.2) is 78.0 Å². The van der Waals surface area contributed by atoms with Gasteiger partial charge in [-0.2, -0.15) is 13.2 Å². The van der Waals surface area contributed by atoms with Crippen LogP contribution in [0, 0.1) is 6.92 Å². The number of benzene rings is 3. The third-order valence-electron chi connectivity index (χ3n) is 6.08. The summed E-state index contributed by atoms with van der Waals surface area (Å²) < 4.78 is 44.3. The number of carbonyl (C=O) groups excluding carboxylic acids is 1. The zero-order valence-corrected chi connectivity index (χ0v) is 19.7. The van der Waals surface area contributed by atoms with Crippen molar-refractivity contribution in [1.82, 2.24) is 4.57 Å². The third-order valence-corrected chi connectivity index (χ3v) is 6.51. The second-order valence-corrected chi connectivity index (χ2v) is 9.22. The first-order valence-electron chi connectivity index (χ1n) is 10.6. The number of oxime groups is 1. The molecule has 2 heterocycles. The van der Waals surface area contributed by atoms with E-state index in [4.69, 9.17) is 28.0 Å². The van der Waals surface area contributed by atoms with Crippen molar-refractivity contribution in [3.05, 3.63) is 105 Å². The Kier molecular flexibility index (Phi) is 5.65. The van der Waals surface area contributed by atoms with E-state index in [1.54, 1.807) is 28.8 Å². The quantitative estimate of drug-likeness (QED) is 0.282. The maximum Gasteiger partial charge on any atom is 0.435 e. The largest absolute Gasteiger partial charge is 0.435 e. The molecule has 0 saturated heterocycles. The summed E-state index contributed by atoms with van der Waals surface area (Å²) in [6, 6.07) is 19.4. The molecule has 0 aliphatic carbocycles. The van der Waals surface area contributed by atoms with Crippen LogP contribution in [0.4, 0.5) is 13.2 Å². The number of aryl methyl sites for hydroxylation is 1. The summed E-state index contributed by atoms with van der Waals surface area (Å²) >= 11 is 11.9. The van der Waals surface area contributed by atoms with E-state index in [9.17, 15) is 18.0 Å². The monoisotopic (exact) mass is 516 g/mol. The summed E-state index contributed by atoms with van der Waals surface area (Å²) in [4.78, 5) is 18.2. The van der Waals surface area contributed by atoms with Crippen molar-refractivity contribution >= 4 is 45.7 Å². The fourth-order valence-electron chi connectivity index (χ4n) is 4.34. The number of para-hydroxylation sites is 1. The van der Waals surface area contributed by atoms with Gasteiger partial charge in [0.05, 0.1) is 11.2 Å². The highest BCUT2D eigenvalue weighted by Gasteiger charge is 2.62. The van der Waals surface area contributed by atoms with Crippen LogP contribution in [-0.2, 0) is 10.4 Å². The van der Waals surface area contributed by atoms with Gasteiger partial charge in [-0.05, 0) is 55.0 Å². The number of rotatable bonds is 3. The smallest absolute Gasteiger partial charge is 0.374 e. The van der Waals surface area contributed by atoms with Gasteiger partial charge in [0.2, 0.25) is 0 Å². The Morgan fingerprint density at radius 2 is 1.66 bits per heavy atom. The van der Waals surface area contributed by atoms with Gasteiger partial charge in [0.1, 0.15) is 0 Å². The van der Waals surface area contributed by atoms with Gasteiger partial charge in [-0.15, -0.1) is 0 Å². The van der Waals surface area contributed by atoms with E-state index in [1.165, 1.54) is 18.2 Å². The Bertz CT molecular complexity index is 1470. The highest BCUT2D eigenvalue weighted by Crippen LogP contribution is 2.49. The van der Waals surface area contributed by atoms with Gasteiger partial charge in [0.25, 0.3) is 11.5 Å². The predicted octanol–water partition coefficient (Wildman–Crippen LogP) is 7.53. The number of carbonyl (C=O) groups is 1. The fourth-order valence-corrected chi connectivity index (χ4v) is 4.87. The van der Waals surface area contributed by atoms with Crippen LogP contribution in [0.3, 0.4) is 0 Å². The van der Waals surface area contributed by atoms with Crippen LogP contribution in [0.25, 0.3) is 10.9 Å². The molecule has 1 unspecified atom stereocenters. The second-order valence-electron chi connectivity index (χ2n) is 8.35. The van der Waals surface area contributed by atoms with Crippen molar-refractivity contribution in [2.75, 3.05) is 0 Å². The summed E-state index contributed by atoms with van der Waals surface area (Å²) in [6.07, 6.45) is -5.35. The zero-order valence-electron chi connectivity index (χ0n) is 18.2. The van der Waals surface area contributed by atoms with Gasteiger partial charge in [0.15, 0.2) is 0 Å². The molecule has 0 radical (unpaired) electrons. The third kappa shape index (κ3) is 3.98. The van der Waals surface area contributed by atoms with Crippen molar-refractivity contribution in [2.45, 2.75) is 25.1 Å². The van der Waals surface area contributed by atoms with Gasteiger partial charge in [-0.25, -0.2) is 0 Å². The van der Waals surface area contributed by atoms with E-state index in [0.717, 1.165) is 16.6 Å². The molecular weight excluding hydrogens is 500 g/mol. The van der Waals surface area contributed by atoms with Crippen LogP contribution in [0.5, 0.6) is 0 Å². The van der Waals surface area contributed by atoms with Crippen LogP contribution in [0.1, 0.15) is 33.6 Å². The Morgan fingerprint density at radius 3 is 2.31 bits per heavy atom. The molecule has 178 valence electrons. The molecule has 0 bridgehead atoms. The number of fused-ring (bicyclic) bond motifs is 1. The van der Waals surface area contributed by atoms with Crippen molar-refractivity contribution in [1.29, 1.82) is 0 Å². The Morgan fingerprint density at radius 1 is 1.00 bits per heavy atom. The van der Waals surface area contributed by atoms with Crippen molar-refractivity contribution in [3.63, 3.8) is 0 Å². The maximum atomic E-state index is 14.2. The molecule has 0 spiro atoms. The fraction of sp³-hybridized carbons (Fsp3) is 0.154. The lowest BCUT2D eigenvalue weighted by atomic mass is 9.86. The number of aromatic nitrogens is 1. The summed E-state index contributed by atoms with van der Waals surface area (Å²) in [6.45, 7) is 1.84. The standard InChI is InChI=1S/C26H17Cl2F3N2O2/c1-15-10-18-4-2-3-5-23(18)33(15)24(34)17-8-6-16(7-9-17)22-14-25(35-32-22,26(29,30)31)19-11-20(27)13-21(28)12-19/h2-13H,14H2,1H3. The van der Waals surface area contributed by atoms with Crippen LogP contribution in [-0.4, -0.2) is 22.4 Å². The molecule has 1 aliphatic rings. The molecule has 0 amide bonds. The number of hydrogen-bond acceptors (Lipinski definition) is 3. The first-order chi connectivity index (χ1) is 16.6. The summed E-state index contributed by atoms with van der Waals surface area (Å²) in [5, 5.41) is 4.82. The van der Waals surface area contributed by atoms with E-state index in [-0.39, 0.29) is 27.2 Å². The highest BCUT2D eigenvalue weighted by molar-refractivity contribution is 6.34. The minimum atomic E-state index is -4.78. The molecule has 1 atom stereocenters. The van der Waals surface area contributed by atoms with E-state index in [1.807, 2.05) is 37.3 Å². The summed E-state index contributed by atoms with van der Waals surface area (Å²) in [7, 11) is 0. The van der Waals surface area contributed by atoms with E-state index in [0.29, 0.717) is 11.1 Å². The molecule has 4 nitrogen and oxygen atoms in total. The maximum absolute atomic E-state index is 14.2. The SMILES string of the molecule is Cc1cc2ccccc2n1C(=O)c1ccc(C2=NOC(c3cc(Cl)cc(Cl)c3)(C(F)(F)F)C2)cc1. The van der Waals surface area contributed by atoms with E-state index in [2.05, 4.69) is 5.16 Å². The zero-order chi connectivity index (χ0) is 25.0. The average molecular weight is 517 g/mol. The molecule has 1 aliphatic heterocycles. The number of hydrogen-bond donors (Lipinski definition) is 0. The molecule has 9 heteroatoms. The van der Waals surface area contributed by atoms with Gasteiger partial charge in [-0.3, -0.25) is 9.36 Å². The number of alkyl halides is 3. The van der Waals surface area contributed by atoms with Gasteiger partial charge in [0, 0.05) is 38.7 Å². The molecule has 1 aromatic heterocycles. The number of nitrogens with zero attached hydrogens (tertiary/aromatic N) is 2. The van der Waals surface area contributed by atoms with Crippen LogP contribution < -0.4 is 0 Å². The minimum Gasteiger partial charge on any atom is -0.374 e. The summed E-state index contributed by atoms with van der Waals surface area (Å²) in [5.74, 6) is -0.238. The molecule has 0 N–H and O–H groups in total. The first-order valence-corrected chi connectivity index (χ1v) is 11.4. The topological polar surface area (TPSA) is 43.6 Å². The molecular formula is C26H17Cl2F3N2O2. The minimum absolute atomic E-state index is 0.0591. The molecule has 0 saturated carbocycles. The molecule has 3 aromatic carbocycles. The Labute approximate surface area is 208 Å². The highest BCUT2D eigenvalue weighted by atomic mass is 35.5. The second kappa shape index (κ2) is 8.43. The van der Waals surface area contributed by atoms with Crippen molar-refractivity contribution < 1.29 is 22.8 Å². The Hall–Kier alpha value is -3.29. The van der Waals surface area contributed by atoms with E-state index < -0.39 is 18.2 Å². The molecule has 5 rings (SSSR count). The van der Waals surface area contributed by atoms with Gasteiger partial charge < -0.3 is 4.84 Å². The average Bonchev–Trinajstić information content (AvgIpc) is 3.40. The molecule has 4 aromatic rings. The van der Waals surface area contributed by atoms with Crippen LogP contribution >= 0.6 is 23.2 Å². The van der Waals surface area contributed by atoms with Crippen molar-refractivity contribution in [3.8, 4) is 0 Å². The Balaban J connectivity index is 1.45. The summed E-state index contributed by atoms with van der Waals surface area (Å²) in [5.41, 5.74) is -0.488. The predicted molar refractivity (Wildman–Crippen MR) is 129 cm³/mol. The lowest BCUT2D eigenvalue weighted by Gasteiger charge is -2.29. The van der Waals surface area contributed by atoms with E-state index >= 15 is 0 Å². The molecule has 35 heavy (non-hydrogen) atoms. The van der Waals surface area contributed by atoms with Gasteiger partial charge in [-0.1, -0.05) is 58.7 Å². The van der Waals surface area contributed by atoms with Crippen molar-refractivity contribution in [2.24, 2.45) is 5.16 Å². The number of halogens is 5. The lowest BCUT2D eigenvalue weighted by Crippen LogP contribution is -2.42. The first kappa shape index (κ1) is 23.5. The lowest BCUT2D eigenvalue weighted by molar-refractivity contribution is -0.275. The molecule has 0 fully saturated rings.